The highest BCUT2D eigenvalue weighted by Crippen LogP contribution is 1.97. The van der Waals surface area contributed by atoms with E-state index in [1.165, 1.54) is 19.4 Å². The van der Waals surface area contributed by atoms with Gasteiger partial charge >= 0.3 is 7.12 Å². The summed E-state index contributed by atoms with van der Waals surface area (Å²) < 4.78 is 4.73. The van der Waals surface area contributed by atoms with E-state index in [1.807, 2.05) is 0 Å². The van der Waals surface area contributed by atoms with Crippen LogP contribution in [0.5, 0.6) is 0 Å². The van der Waals surface area contributed by atoms with E-state index < -0.39 is 7.12 Å². The van der Waals surface area contributed by atoms with Crippen molar-refractivity contribution in [2.24, 2.45) is 4.99 Å². The first-order chi connectivity index (χ1) is 5.61. The molecule has 0 amide bonds. The number of allylic oxidation sites excluding steroid dienone is 2. The summed E-state index contributed by atoms with van der Waals surface area (Å²) in [5, 5.41) is 17.4. The maximum absolute atomic E-state index is 8.70. The number of ether oxygens (including phenoxy) is 1. The third-order valence-electron chi connectivity index (χ3n) is 1.22. The molecule has 0 bridgehead atoms. The van der Waals surface area contributed by atoms with Crippen molar-refractivity contribution in [1.29, 1.82) is 0 Å². The molecule has 66 valence electrons. The van der Waals surface area contributed by atoms with Gasteiger partial charge in [-0.1, -0.05) is 12.7 Å². The summed E-state index contributed by atoms with van der Waals surface area (Å²) >= 11 is 0. The summed E-state index contributed by atoms with van der Waals surface area (Å²) in [6, 6.07) is 0. The number of nitrogens with zero attached hydrogens (tertiary/aromatic N) is 1. The SMILES string of the molecule is C=C/C(=C\N=C(/C)OC)B(O)O. The predicted octanol–water partition coefficient (Wildman–Crippen LogP) is 0.133. The molecule has 0 aromatic rings. The van der Waals surface area contributed by atoms with Crippen LogP contribution in [-0.2, 0) is 4.74 Å². The van der Waals surface area contributed by atoms with Crippen molar-refractivity contribution in [2.45, 2.75) is 6.92 Å². The number of hydrogen-bond acceptors (Lipinski definition) is 4. The van der Waals surface area contributed by atoms with Crippen LogP contribution >= 0.6 is 0 Å². The van der Waals surface area contributed by atoms with Crippen molar-refractivity contribution in [3.05, 3.63) is 24.3 Å². The highest BCUT2D eigenvalue weighted by molar-refractivity contribution is 6.51. The smallest absolute Gasteiger partial charge is 0.484 e. The van der Waals surface area contributed by atoms with E-state index in [9.17, 15) is 0 Å². The van der Waals surface area contributed by atoms with E-state index in [1.54, 1.807) is 6.92 Å². The quantitative estimate of drug-likeness (QED) is 0.273. The Bertz CT molecular complexity index is 211. The van der Waals surface area contributed by atoms with Gasteiger partial charge in [-0.05, 0) is 5.47 Å². The van der Waals surface area contributed by atoms with Crippen molar-refractivity contribution in [3.63, 3.8) is 0 Å². The molecule has 4 nitrogen and oxygen atoms in total. The van der Waals surface area contributed by atoms with Gasteiger partial charge in [0.2, 0.25) is 0 Å². The van der Waals surface area contributed by atoms with E-state index in [4.69, 9.17) is 14.8 Å². The van der Waals surface area contributed by atoms with Gasteiger partial charge in [-0.25, -0.2) is 4.99 Å². The first-order valence-electron chi connectivity index (χ1n) is 3.38. The van der Waals surface area contributed by atoms with E-state index in [0.717, 1.165) is 0 Å². The van der Waals surface area contributed by atoms with Crippen molar-refractivity contribution < 1.29 is 14.8 Å². The topological polar surface area (TPSA) is 62.0 Å². The number of rotatable bonds is 3. The monoisotopic (exact) mass is 169 g/mol. The summed E-state index contributed by atoms with van der Waals surface area (Å²) in [6.07, 6.45) is 2.60. The lowest BCUT2D eigenvalue weighted by molar-refractivity contribution is 0.400. The molecule has 0 heterocycles. The predicted molar refractivity (Wildman–Crippen MR) is 48.6 cm³/mol. The van der Waals surface area contributed by atoms with Gasteiger partial charge in [0.15, 0.2) is 5.90 Å². The highest BCUT2D eigenvalue weighted by atomic mass is 16.5. The minimum absolute atomic E-state index is 0.228. The van der Waals surface area contributed by atoms with Crippen molar-refractivity contribution in [1.82, 2.24) is 0 Å². The molecular formula is C7H12BNO3. The lowest BCUT2D eigenvalue weighted by atomic mass is 9.80. The molecule has 0 saturated heterocycles. The van der Waals surface area contributed by atoms with E-state index in [0.29, 0.717) is 5.90 Å². The van der Waals surface area contributed by atoms with Gasteiger partial charge in [0.25, 0.3) is 0 Å². The van der Waals surface area contributed by atoms with Crippen LogP contribution in [0.1, 0.15) is 6.92 Å². The Labute approximate surface area is 72.0 Å². The third-order valence-corrected chi connectivity index (χ3v) is 1.22. The number of hydrogen-bond donors (Lipinski definition) is 2. The number of methoxy groups -OCH3 is 1. The van der Waals surface area contributed by atoms with E-state index >= 15 is 0 Å². The molecule has 0 rings (SSSR count). The van der Waals surface area contributed by atoms with Gasteiger partial charge in [-0.2, -0.15) is 0 Å². The Morgan fingerprint density at radius 1 is 1.58 bits per heavy atom. The second-order valence-electron chi connectivity index (χ2n) is 2.06. The largest absolute Gasteiger partial charge is 0.489 e. The van der Waals surface area contributed by atoms with Gasteiger partial charge < -0.3 is 14.8 Å². The molecule has 0 aliphatic heterocycles. The highest BCUT2D eigenvalue weighted by Gasteiger charge is 2.10. The minimum Gasteiger partial charge on any atom is -0.484 e. The number of aliphatic imine (C=N–C) groups is 1. The Hall–Kier alpha value is -1.07. The van der Waals surface area contributed by atoms with Crippen LogP contribution in [0.25, 0.3) is 0 Å². The molecule has 0 fully saturated rings. The second-order valence-corrected chi connectivity index (χ2v) is 2.06. The Kier molecular flexibility index (Phi) is 5.07. The molecule has 0 aromatic carbocycles. The fourth-order valence-electron chi connectivity index (χ4n) is 0.443. The van der Waals surface area contributed by atoms with Gasteiger partial charge in [0.05, 0.1) is 7.11 Å². The lowest BCUT2D eigenvalue weighted by Gasteiger charge is -1.97. The van der Waals surface area contributed by atoms with Crippen LogP contribution in [0.2, 0.25) is 0 Å². The zero-order valence-corrected chi connectivity index (χ0v) is 7.19. The van der Waals surface area contributed by atoms with Gasteiger partial charge in [0, 0.05) is 13.1 Å². The van der Waals surface area contributed by atoms with Gasteiger partial charge in [-0.15, -0.1) is 0 Å². The molecule has 0 atom stereocenters. The standard InChI is InChI=1S/C7H12BNO3/c1-4-7(8(10)11)5-9-6(2)12-3/h4-5,10-11H,1H2,2-3H3/b7-5+,9-6+. The summed E-state index contributed by atoms with van der Waals surface area (Å²) in [6.45, 7) is 5.04. The van der Waals surface area contributed by atoms with Crippen LogP contribution in [0.4, 0.5) is 0 Å². The minimum atomic E-state index is -1.55. The Balaban J connectivity index is 4.40. The van der Waals surface area contributed by atoms with Crippen LogP contribution in [0.3, 0.4) is 0 Å². The molecule has 5 heteroatoms. The zero-order chi connectivity index (χ0) is 9.56. The summed E-state index contributed by atoms with van der Waals surface area (Å²) in [5.41, 5.74) is 0.228. The lowest BCUT2D eigenvalue weighted by Crippen LogP contribution is -2.13. The molecular weight excluding hydrogens is 157 g/mol. The molecule has 2 N–H and O–H groups in total. The zero-order valence-electron chi connectivity index (χ0n) is 7.19. The van der Waals surface area contributed by atoms with Crippen LogP contribution in [0.15, 0.2) is 29.3 Å². The third kappa shape index (κ3) is 3.95. The molecule has 12 heavy (non-hydrogen) atoms. The molecule has 0 aromatic heterocycles. The average Bonchev–Trinajstić information content (AvgIpc) is 2.04. The molecule has 0 saturated carbocycles. The van der Waals surface area contributed by atoms with Crippen LogP contribution in [0, 0.1) is 0 Å². The van der Waals surface area contributed by atoms with Gasteiger partial charge in [-0.3, -0.25) is 0 Å². The molecule has 0 unspecified atom stereocenters. The maximum Gasteiger partial charge on any atom is 0.489 e. The van der Waals surface area contributed by atoms with E-state index in [-0.39, 0.29) is 5.47 Å². The Morgan fingerprint density at radius 3 is 2.50 bits per heavy atom. The fourth-order valence-corrected chi connectivity index (χ4v) is 0.443. The first-order valence-corrected chi connectivity index (χ1v) is 3.38. The molecule has 0 radical (unpaired) electrons. The normalized spacial score (nSPS) is 12.7. The van der Waals surface area contributed by atoms with Crippen LogP contribution in [-0.4, -0.2) is 30.2 Å². The van der Waals surface area contributed by atoms with Crippen molar-refractivity contribution in [2.75, 3.05) is 7.11 Å². The average molecular weight is 169 g/mol. The molecule has 0 spiro atoms. The van der Waals surface area contributed by atoms with Crippen molar-refractivity contribution >= 4 is 13.0 Å². The fraction of sp³-hybridized carbons (Fsp3) is 0.286. The second kappa shape index (κ2) is 5.57. The molecule has 0 aliphatic rings. The Morgan fingerprint density at radius 2 is 2.17 bits per heavy atom. The maximum atomic E-state index is 8.70. The van der Waals surface area contributed by atoms with Gasteiger partial charge in [0.1, 0.15) is 0 Å². The summed E-state index contributed by atoms with van der Waals surface area (Å²) in [4.78, 5) is 3.78. The summed E-state index contributed by atoms with van der Waals surface area (Å²) in [5.74, 6) is 0.440. The van der Waals surface area contributed by atoms with Crippen LogP contribution < -0.4 is 0 Å². The first kappa shape index (κ1) is 10.9. The summed E-state index contributed by atoms with van der Waals surface area (Å²) in [7, 11) is -0.0637. The van der Waals surface area contributed by atoms with E-state index in [2.05, 4.69) is 11.6 Å². The van der Waals surface area contributed by atoms with Crippen molar-refractivity contribution in [3.8, 4) is 0 Å². The molecule has 0 aliphatic carbocycles.